The van der Waals surface area contributed by atoms with Crippen molar-refractivity contribution in [2.75, 3.05) is 18.1 Å². The van der Waals surface area contributed by atoms with E-state index in [0.717, 1.165) is 19.4 Å². The number of hydrogen-bond acceptors (Lipinski definition) is 3. The van der Waals surface area contributed by atoms with Crippen molar-refractivity contribution in [1.82, 2.24) is 5.32 Å². The fourth-order valence-electron chi connectivity index (χ4n) is 2.25. The van der Waals surface area contributed by atoms with Gasteiger partial charge in [-0.2, -0.15) is 11.8 Å². The summed E-state index contributed by atoms with van der Waals surface area (Å²) in [6.45, 7) is 2.69. The molecule has 0 spiro atoms. The smallest absolute Gasteiger partial charge is 0.240 e. The molecule has 1 aliphatic carbocycles. The minimum atomic E-state index is -0.635. The number of amides is 1. The Bertz CT molecular complexity index is 258. The monoisotopic (exact) mass is 242 g/mol. The fourth-order valence-corrected chi connectivity index (χ4v) is 3.45. The molecule has 4 heteroatoms. The molecule has 1 aliphatic heterocycles. The lowest BCUT2D eigenvalue weighted by Crippen LogP contribution is -2.54. The maximum Gasteiger partial charge on any atom is 0.240 e. The normalized spacial score (nSPS) is 26.1. The molecule has 2 rings (SSSR count). The van der Waals surface area contributed by atoms with E-state index in [1.54, 1.807) is 0 Å². The van der Waals surface area contributed by atoms with Crippen LogP contribution in [0.2, 0.25) is 0 Å². The predicted octanol–water partition coefficient (Wildman–Crippen LogP) is 1.37. The van der Waals surface area contributed by atoms with Crippen LogP contribution in [0.1, 0.15) is 32.6 Å². The SMILES string of the molecule is CC(N)(C(=O)NCC1CCSCC1)C1CC1. The van der Waals surface area contributed by atoms with Gasteiger partial charge in [0.2, 0.25) is 5.91 Å². The van der Waals surface area contributed by atoms with Crippen molar-refractivity contribution < 1.29 is 4.79 Å². The van der Waals surface area contributed by atoms with Crippen LogP contribution in [0, 0.1) is 11.8 Å². The summed E-state index contributed by atoms with van der Waals surface area (Å²) in [5.41, 5.74) is 5.43. The van der Waals surface area contributed by atoms with E-state index in [1.807, 2.05) is 18.7 Å². The second-order valence-corrected chi connectivity index (χ2v) is 6.55. The fraction of sp³-hybridized carbons (Fsp3) is 0.917. The maximum absolute atomic E-state index is 11.9. The highest BCUT2D eigenvalue weighted by Crippen LogP contribution is 2.38. The maximum atomic E-state index is 11.9. The third-order valence-electron chi connectivity index (χ3n) is 3.81. The van der Waals surface area contributed by atoms with Gasteiger partial charge in [0.1, 0.15) is 0 Å². The molecule has 0 aromatic carbocycles. The molecule has 0 aromatic heterocycles. The zero-order valence-corrected chi connectivity index (χ0v) is 10.8. The van der Waals surface area contributed by atoms with Crippen LogP contribution in [0.5, 0.6) is 0 Å². The molecule has 1 saturated carbocycles. The standard InChI is InChI=1S/C12H22N2OS/c1-12(13,10-2-3-10)11(15)14-8-9-4-6-16-7-5-9/h9-10H,2-8,13H2,1H3,(H,14,15). The van der Waals surface area contributed by atoms with Gasteiger partial charge in [-0.1, -0.05) is 0 Å². The first-order valence-corrected chi connectivity index (χ1v) is 7.41. The van der Waals surface area contributed by atoms with E-state index < -0.39 is 5.54 Å². The molecule has 1 heterocycles. The van der Waals surface area contributed by atoms with Gasteiger partial charge >= 0.3 is 0 Å². The molecule has 1 unspecified atom stereocenters. The largest absolute Gasteiger partial charge is 0.354 e. The number of hydrogen-bond donors (Lipinski definition) is 2. The molecular weight excluding hydrogens is 220 g/mol. The second kappa shape index (κ2) is 4.96. The molecule has 0 bridgehead atoms. The number of nitrogens with two attached hydrogens (primary N) is 1. The minimum absolute atomic E-state index is 0.0493. The summed E-state index contributed by atoms with van der Waals surface area (Å²) in [6.07, 6.45) is 4.69. The Morgan fingerprint density at radius 1 is 1.38 bits per heavy atom. The summed E-state index contributed by atoms with van der Waals surface area (Å²) < 4.78 is 0. The highest BCUT2D eigenvalue weighted by molar-refractivity contribution is 7.99. The predicted molar refractivity (Wildman–Crippen MR) is 68.4 cm³/mol. The molecule has 92 valence electrons. The van der Waals surface area contributed by atoms with Crippen molar-refractivity contribution in [2.24, 2.45) is 17.6 Å². The number of rotatable bonds is 4. The first kappa shape index (κ1) is 12.2. The molecule has 0 radical (unpaired) electrons. The van der Waals surface area contributed by atoms with E-state index in [-0.39, 0.29) is 5.91 Å². The molecule has 2 aliphatic rings. The molecule has 1 saturated heterocycles. The van der Waals surface area contributed by atoms with Crippen molar-refractivity contribution in [3.8, 4) is 0 Å². The summed E-state index contributed by atoms with van der Waals surface area (Å²) >= 11 is 2.02. The highest BCUT2D eigenvalue weighted by Gasteiger charge is 2.43. The van der Waals surface area contributed by atoms with E-state index in [1.165, 1.54) is 24.3 Å². The van der Waals surface area contributed by atoms with E-state index in [0.29, 0.717) is 11.8 Å². The Morgan fingerprint density at radius 3 is 2.56 bits per heavy atom. The lowest BCUT2D eigenvalue weighted by atomic mass is 9.95. The average molecular weight is 242 g/mol. The van der Waals surface area contributed by atoms with Gasteiger partial charge in [0.25, 0.3) is 0 Å². The summed E-state index contributed by atoms with van der Waals surface area (Å²) in [6, 6.07) is 0. The minimum Gasteiger partial charge on any atom is -0.354 e. The van der Waals surface area contributed by atoms with Gasteiger partial charge < -0.3 is 11.1 Å². The average Bonchev–Trinajstić information content (AvgIpc) is 3.11. The Balaban J connectivity index is 1.74. The molecular formula is C12H22N2OS. The third-order valence-corrected chi connectivity index (χ3v) is 4.86. The molecule has 0 aromatic rings. The zero-order chi connectivity index (χ0) is 11.6. The van der Waals surface area contributed by atoms with Gasteiger partial charge in [-0.3, -0.25) is 4.79 Å². The van der Waals surface area contributed by atoms with Crippen LogP contribution in [0.25, 0.3) is 0 Å². The number of nitrogens with one attached hydrogen (secondary N) is 1. The lowest BCUT2D eigenvalue weighted by molar-refractivity contribution is -0.126. The Kier molecular flexibility index (Phi) is 3.80. The van der Waals surface area contributed by atoms with Crippen molar-refractivity contribution in [2.45, 2.75) is 38.1 Å². The Morgan fingerprint density at radius 2 is 2.00 bits per heavy atom. The van der Waals surface area contributed by atoms with Crippen molar-refractivity contribution in [3.05, 3.63) is 0 Å². The Labute approximate surface area is 102 Å². The third kappa shape index (κ3) is 2.92. The summed E-state index contributed by atoms with van der Waals surface area (Å²) in [4.78, 5) is 11.9. The molecule has 16 heavy (non-hydrogen) atoms. The van der Waals surface area contributed by atoms with Crippen LogP contribution in [-0.2, 0) is 4.79 Å². The second-order valence-electron chi connectivity index (χ2n) is 5.32. The number of carbonyl (C=O) groups excluding carboxylic acids is 1. The van der Waals surface area contributed by atoms with Gasteiger partial charge in [0.15, 0.2) is 0 Å². The van der Waals surface area contributed by atoms with Crippen molar-refractivity contribution in [3.63, 3.8) is 0 Å². The first-order chi connectivity index (χ1) is 7.60. The van der Waals surface area contributed by atoms with Gasteiger partial charge in [-0.05, 0) is 55.9 Å². The van der Waals surface area contributed by atoms with Crippen LogP contribution in [0.3, 0.4) is 0 Å². The molecule has 3 N–H and O–H groups in total. The van der Waals surface area contributed by atoms with Crippen LogP contribution >= 0.6 is 11.8 Å². The highest BCUT2D eigenvalue weighted by atomic mass is 32.2. The zero-order valence-electron chi connectivity index (χ0n) is 10.00. The first-order valence-electron chi connectivity index (χ1n) is 6.25. The number of thioether (sulfide) groups is 1. The van der Waals surface area contributed by atoms with Crippen LogP contribution < -0.4 is 11.1 Å². The summed E-state index contributed by atoms with van der Waals surface area (Å²) in [5, 5.41) is 3.04. The number of carbonyl (C=O) groups is 1. The van der Waals surface area contributed by atoms with E-state index in [9.17, 15) is 4.79 Å². The van der Waals surface area contributed by atoms with Gasteiger partial charge in [-0.25, -0.2) is 0 Å². The summed E-state index contributed by atoms with van der Waals surface area (Å²) in [5.74, 6) is 3.61. The quantitative estimate of drug-likeness (QED) is 0.783. The van der Waals surface area contributed by atoms with Crippen LogP contribution in [0.15, 0.2) is 0 Å². The molecule has 2 fully saturated rings. The Hall–Kier alpha value is -0.220. The van der Waals surface area contributed by atoms with E-state index in [4.69, 9.17) is 5.73 Å². The lowest BCUT2D eigenvalue weighted by Gasteiger charge is -2.26. The van der Waals surface area contributed by atoms with E-state index in [2.05, 4.69) is 5.32 Å². The molecule has 3 nitrogen and oxygen atoms in total. The molecule has 1 atom stereocenters. The van der Waals surface area contributed by atoms with Gasteiger partial charge in [-0.15, -0.1) is 0 Å². The van der Waals surface area contributed by atoms with E-state index >= 15 is 0 Å². The summed E-state index contributed by atoms with van der Waals surface area (Å²) in [7, 11) is 0. The molecule has 1 amide bonds. The van der Waals surface area contributed by atoms with Crippen molar-refractivity contribution in [1.29, 1.82) is 0 Å². The van der Waals surface area contributed by atoms with Crippen LogP contribution in [-0.4, -0.2) is 29.5 Å². The van der Waals surface area contributed by atoms with Crippen molar-refractivity contribution >= 4 is 17.7 Å². The van der Waals surface area contributed by atoms with Crippen LogP contribution in [0.4, 0.5) is 0 Å². The topological polar surface area (TPSA) is 55.1 Å². The van der Waals surface area contributed by atoms with Gasteiger partial charge in [0, 0.05) is 6.54 Å². The van der Waals surface area contributed by atoms with Gasteiger partial charge in [0.05, 0.1) is 5.54 Å².